The van der Waals surface area contributed by atoms with E-state index in [0.717, 1.165) is 6.08 Å². The molecule has 0 aliphatic carbocycles. The Kier molecular flexibility index (Phi) is 5.05. The summed E-state index contributed by atoms with van der Waals surface area (Å²) in [6.45, 7) is 6.50. The van der Waals surface area contributed by atoms with Gasteiger partial charge in [-0.15, -0.1) is 0 Å². The molecule has 128 valence electrons. The average molecular weight is 345 g/mol. The van der Waals surface area contributed by atoms with Crippen LogP contribution in [0.1, 0.15) is 34.1 Å². The van der Waals surface area contributed by atoms with Gasteiger partial charge in [0, 0.05) is 19.0 Å². The molecule has 0 aromatic heterocycles. The Hall–Kier alpha value is -1.45. The lowest BCUT2D eigenvalue weighted by molar-refractivity contribution is -0.0527. The van der Waals surface area contributed by atoms with Crippen LogP contribution in [0.2, 0.25) is 0 Å². The summed E-state index contributed by atoms with van der Waals surface area (Å²) >= 11 is 0. The average Bonchev–Trinajstić information content (AvgIpc) is 2.23. The van der Waals surface area contributed by atoms with Crippen LogP contribution in [0.5, 0.6) is 0 Å². The first-order valence-electron chi connectivity index (χ1n) is 6.42. The van der Waals surface area contributed by atoms with Crippen LogP contribution in [0, 0.1) is 0 Å². The van der Waals surface area contributed by atoms with Gasteiger partial charge in [0.15, 0.2) is 0 Å². The molecule has 1 rings (SSSR count). The zero-order valence-corrected chi connectivity index (χ0v) is 13.4. The van der Waals surface area contributed by atoms with E-state index in [2.05, 4.69) is 4.18 Å². The second-order valence-electron chi connectivity index (χ2n) is 5.84. The van der Waals surface area contributed by atoms with E-state index in [9.17, 15) is 26.4 Å². The Morgan fingerprint density at radius 1 is 1.32 bits per heavy atom. The van der Waals surface area contributed by atoms with Crippen LogP contribution in [-0.2, 0) is 19.0 Å². The molecule has 0 unspecified atom stereocenters. The normalized spacial score (nSPS) is 20.4. The molecule has 10 heteroatoms. The Bertz CT molecular complexity index is 562. The Morgan fingerprint density at radius 2 is 1.86 bits per heavy atom. The summed E-state index contributed by atoms with van der Waals surface area (Å²) in [6.07, 6.45) is 0.330. The second kappa shape index (κ2) is 5.98. The molecule has 1 heterocycles. The number of amides is 1. The minimum atomic E-state index is -5.69. The van der Waals surface area contributed by atoms with Crippen LogP contribution in [0.4, 0.5) is 18.0 Å². The lowest BCUT2D eigenvalue weighted by Crippen LogP contribution is -2.44. The molecular formula is C12H18F3NO5S. The van der Waals surface area contributed by atoms with Gasteiger partial charge in [-0.2, -0.15) is 21.6 Å². The Balaban J connectivity index is 2.79. The number of hydrogen-bond donors (Lipinski definition) is 0. The summed E-state index contributed by atoms with van der Waals surface area (Å²) in [6, 6.07) is -0.557. The maximum atomic E-state index is 12.3. The predicted molar refractivity (Wildman–Crippen MR) is 71.2 cm³/mol. The number of nitrogens with zero attached hydrogens (tertiary/aromatic N) is 1. The molecule has 0 aromatic rings. The molecular weight excluding hydrogens is 327 g/mol. The maximum Gasteiger partial charge on any atom is 0.534 e. The van der Waals surface area contributed by atoms with Crippen LogP contribution in [0.25, 0.3) is 0 Å². The fourth-order valence-corrected chi connectivity index (χ4v) is 2.21. The highest BCUT2D eigenvalue weighted by molar-refractivity contribution is 7.87. The first kappa shape index (κ1) is 18.6. The molecule has 0 saturated heterocycles. The third kappa shape index (κ3) is 4.79. The number of carbonyl (C=O) groups is 1. The quantitative estimate of drug-likeness (QED) is 0.568. The number of alkyl halides is 3. The first-order chi connectivity index (χ1) is 9.73. The monoisotopic (exact) mass is 345 g/mol. The van der Waals surface area contributed by atoms with Gasteiger partial charge in [-0.25, -0.2) is 4.79 Å². The van der Waals surface area contributed by atoms with Crippen molar-refractivity contribution in [2.45, 2.75) is 51.3 Å². The van der Waals surface area contributed by atoms with Gasteiger partial charge in [0.05, 0.1) is 0 Å². The van der Waals surface area contributed by atoms with Gasteiger partial charge in [-0.05, 0) is 33.8 Å². The van der Waals surface area contributed by atoms with Crippen molar-refractivity contribution in [2.24, 2.45) is 0 Å². The standard InChI is InChI=1S/C12H18F3NO5S/c1-8-7-9(21-22(18,19)12(13,14)15)5-6-16(8)10(17)20-11(2,3)4/h5,8H,6-7H2,1-4H3/t8-/m1/s1. The molecule has 0 N–H and O–H groups in total. The molecule has 1 amide bonds. The van der Waals surface area contributed by atoms with Gasteiger partial charge < -0.3 is 13.8 Å². The van der Waals surface area contributed by atoms with E-state index in [4.69, 9.17) is 4.74 Å². The number of carbonyl (C=O) groups excluding carboxylic acids is 1. The minimum absolute atomic E-state index is 0.0984. The van der Waals surface area contributed by atoms with Crippen molar-refractivity contribution in [1.82, 2.24) is 4.90 Å². The van der Waals surface area contributed by atoms with Gasteiger partial charge in [0.2, 0.25) is 0 Å². The molecule has 1 aliphatic heterocycles. The largest absolute Gasteiger partial charge is 0.534 e. The van der Waals surface area contributed by atoms with Gasteiger partial charge in [-0.3, -0.25) is 0 Å². The third-order valence-electron chi connectivity index (χ3n) is 2.67. The zero-order chi connectivity index (χ0) is 17.3. The maximum absolute atomic E-state index is 12.3. The van der Waals surface area contributed by atoms with Crippen molar-refractivity contribution < 1.29 is 35.3 Å². The van der Waals surface area contributed by atoms with E-state index >= 15 is 0 Å². The van der Waals surface area contributed by atoms with E-state index in [-0.39, 0.29) is 18.7 Å². The molecule has 0 aromatic carbocycles. The molecule has 22 heavy (non-hydrogen) atoms. The topological polar surface area (TPSA) is 72.9 Å². The van der Waals surface area contributed by atoms with Crippen molar-refractivity contribution in [3.05, 3.63) is 11.8 Å². The number of rotatable bonds is 2. The van der Waals surface area contributed by atoms with Crippen LogP contribution in [0.3, 0.4) is 0 Å². The molecule has 0 bridgehead atoms. The lowest BCUT2D eigenvalue weighted by atomic mass is 10.1. The number of halogens is 3. The summed E-state index contributed by atoms with van der Waals surface area (Å²) in [5, 5.41) is 0. The van der Waals surface area contributed by atoms with Gasteiger partial charge >= 0.3 is 21.7 Å². The van der Waals surface area contributed by atoms with E-state index in [1.165, 1.54) is 4.90 Å². The summed E-state index contributed by atoms with van der Waals surface area (Å²) < 4.78 is 67.9. The minimum Gasteiger partial charge on any atom is -0.444 e. The summed E-state index contributed by atoms with van der Waals surface area (Å²) in [5.41, 5.74) is -6.20. The highest BCUT2D eigenvalue weighted by atomic mass is 32.2. The SMILES string of the molecule is C[C@@H]1CC(OS(=O)(=O)C(F)(F)F)=CCN1C(=O)OC(C)(C)C. The van der Waals surface area contributed by atoms with Crippen molar-refractivity contribution in [2.75, 3.05) is 6.54 Å². The van der Waals surface area contributed by atoms with Crippen LogP contribution >= 0.6 is 0 Å². The van der Waals surface area contributed by atoms with E-state index in [1.54, 1.807) is 27.7 Å². The summed E-state index contributed by atoms with van der Waals surface area (Å²) in [7, 11) is -5.69. The van der Waals surface area contributed by atoms with Gasteiger partial charge in [-0.1, -0.05) is 0 Å². The molecule has 0 fully saturated rings. The molecule has 0 saturated carbocycles. The Labute approximate surface area is 127 Å². The van der Waals surface area contributed by atoms with Crippen LogP contribution in [-0.4, -0.2) is 43.1 Å². The lowest BCUT2D eigenvalue weighted by Gasteiger charge is -2.34. The zero-order valence-electron chi connectivity index (χ0n) is 12.6. The Morgan fingerprint density at radius 3 is 2.27 bits per heavy atom. The highest BCUT2D eigenvalue weighted by Gasteiger charge is 2.49. The molecule has 1 atom stereocenters. The van der Waals surface area contributed by atoms with E-state index < -0.39 is 33.4 Å². The van der Waals surface area contributed by atoms with Crippen molar-refractivity contribution in [3.63, 3.8) is 0 Å². The third-order valence-corrected chi connectivity index (χ3v) is 3.67. The van der Waals surface area contributed by atoms with Crippen molar-refractivity contribution in [1.29, 1.82) is 0 Å². The van der Waals surface area contributed by atoms with Crippen LogP contribution in [0.15, 0.2) is 11.8 Å². The summed E-state index contributed by atoms with van der Waals surface area (Å²) in [5.74, 6) is -0.343. The first-order valence-corrected chi connectivity index (χ1v) is 7.83. The van der Waals surface area contributed by atoms with Crippen molar-refractivity contribution >= 4 is 16.2 Å². The molecule has 1 aliphatic rings. The van der Waals surface area contributed by atoms with Crippen molar-refractivity contribution in [3.8, 4) is 0 Å². The molecule has 0 radical (unpaired) electrons. The van der Waals surface area contributed by atoms with Gasteiger partial charge in [0.25, 0.3) is 0 Å². The molecule has 0 spiro atoms. The van der Waals surface area contributed by atoms with Gasteiger partial charge in [0.1, 0.15) is 11.4 Å². The van der Waals surface area contributed by atoms with Crippen LogP contribution < -0.4 is 0 Å². The fraction of sp³-hybridized carbons (Fsp3) is 0.750. The number of ether oxygens (including phenoxy) is 1. The highest BCUT2D eigenvalue weighted by Crippen LogP contribution is 2.29. The smallest absolute Gasteiger partial charge is 0.444 e. The fourth-order valence-electron chi connectivity index (χ4n) is 1.70. The second-order valence-corrected chi connectivity index (χ2v) is 7.38. The molecule has 6 nitrogen and oxygen atoms in total. The van der Waals surface area contributed by atoms with E-state index in [0.29, 0.717) is 0 Å². The predicted octanol–water partition coefficient (Wildman–Crippen LogP) is 2.77. The number of hydrogen-bond acceptors (Lipinski definition) is 5. The van der Waals surface area contributed by atoms with E-state index in [1.807, 2.05) is 0 Å². The summed E-state index contributed by atoms with van der Waals surface area (Å²) in [4.78, 5) is 13.2.